The number of hydrogen-bond donors (Lipinski definition) is 2. The molecule has 1 fully saturated rings. The first-order valence-corrected chi connectivity index (χ1v) is 6.89. The van der Waals surface area contributed by atoms with E-state index in [0.717, 1.165) is 25.7 Å². The van der Waals surface area contributed by atoms with E-state index in [2.05, 4.69) is 5.32 Å². The summed E-state index contributed by atoms with van der Waals surface area (Å²) in [4.78, 5) is 23.3. The van der Waals surface area contributed by atoms with Gasteiger partial charge < -0.3 is 15.2 Å². The predicted octanol–water partition coefficient (Wildman–Crippen LogP) is 2.26. The summed E-state index contributed by atoms with van der Waals surface area (Å²) in [6.45, 7) is -0.350. The maximum Gasteiger partial charge on any atom is 0.342 e. The molecule has 5 nitrogen and oxygen atoms in total. The predicted molar refractivity (Wildman–Crippen MR) is 73.8 cm³/mol. The fraction of sp³-hybridized carbons (Fsp3) is 0.429. The Kier molecular flexibility index (Phi) is 4.84. The van der Waals surface area contributed by atoms with Gasteiger partial charge in [0.15, 0.2) is 6.61 Å². The molecule has 1 aliphatic rings. The molecule has 0 saturated heterocycles. The van der Waals surface area contributed by atoms with Gasteiger partial charge in [-0.3, -0.25) is 4.79 Å². The minimum Gasteiger partial charge on any atom is -0.507 e. The Morgan fingerprint density at radius 1 is 1.35 bits per heavy atom. The van der Waals surface area contributed by atoms with Crippen molar-refractivity contribution < 1.29 is 19.4 Å². The van der Waals surface area contributed by atoms with Crippen LogP contribution in [0.4, 0.5) is 0 Å². The fourth-order valence-electron chi connectivity index (χ4n) is 2.23. The number of phenolic OH excluding ortho intramolecular Hbond substituents is 1. The molecule has 2 rings (SSSR count). The summed E-state index contributed by atoms with van der Waals surface area (Å²) in [5.41, 5.74) is -0.0110. The number of esters is 1. The van der Waals surface area contributed by atoms with Gasteiger partial charge in [0.25, 0.3) is 5.91 Å². The molecule has 0 aliphatic heterocycles. The second-order valence-corrected chi connectivity index (χ2v) is 5.22. The van der Waals surface area contributed by atoms with Crippen molar-refractivity contribution in [3.05, 3.63) is 28.8 Å². The second-order valence-electron chi connectivity index (χ2n) is 4.79. The molecule has 1 saturated carbocycles. The highest BCUT2D eigenvalue weighted by Gasteiger charge is 2.19. The average molecular weight is 298 g/mol. The number of halogens is 1. The normalized spacial score (nSPS) is 15.1. The molecule has 1 amide bonds. The van der Waals surface area contributed by atoms with Crippen LogP contribution in [0.3, 0.4) is 0 Å². The Bertz CT molecular complexity index is 512. The average Bonchev–Trinajstić information content (AvgIpc) is 2.89. The minimum atomic E-state index is -0.749. The van der Waals surface area contributed by atoms with Crippen LogP contribution in [0.5, 0.6) is 5.75 Å². The number of carbonyl (C=O) groups excluding carboxylic acids is 2. The van der Waals surface area contributed by atoms with Crippen LogP contribution in [0.25, 0.3) is 0 Å². The van der Waals surface area contributed by atoms with Crippen LogP contribution in [-0.2, 0) is 9.53 Å². The number of rotatable bonds is 4. The van der Waals surface area contributed by atoms with Gasteiger partial charge in [-0.15, -0.1) is 0 Å². The van der Waals surface area contributed by atoms with Crippen molar-refractivity contribution >= 4 is 23.5 Å². The standard InChI is InChI=1S/C14H16ClNO4/c15-9-5-6-11(12(17)7-9)14(19)20-8-13(18)16-10-3-1-2-4-10/h5-7,10,17H,1-4,8H2,(H,16,18). The van der Waals surface area contributed by atoms with E-state index in [0.29, 0.717) is 5.02 Å². The smallest absolute Gasteiger partial charge is 0.342 e. The first-order chi connectivity index (χ1) is 9.56. The quantitative estimate of drug-likeness (QED) is 0.836. The van der Waals surface area contributed by atoms with E-state index in [1.165, 1.54) is 18.2 Å². The second kappa shape index (κ2) is 6.61. The largest absolute Gasteiger partial charge is 0.507 e. The molecule has 1 aliphatic carbocycles. The molecule has 1 aromatic carbocycles. The number of benzene rings is 1. The topological polar surface area (TPSA) is 75.6 Å². The van der Waals surface area contributed by atoms with Crippen molar-refractivity contribution in [1.82, 2.24) is 5.32 Å². The van der Waals surface area contributed by atoms with Gasteiger partial charge in [0.2, 0.25) is 0 Å². The molecule has 0 spiro atoms. The van der Waals surface area contributed by atoms with Gasteiger partial charge in [0, 0.05) is 11.1 Å². The van der Waals surface area contributed by atoms with Crippen LogP contribution in [0, 0.1) is 0 Å². The molecule has 20 heavy (non-hydrogen) atoms. The summed E-state index contributed by atoms with van der Waals surface area (Å²) in [6.07, 6.45) is 4.17. The molecular formula is C14H16ClNO4. The zero-order valence-corrected chi connectivity index (χ0v) is 11.7. The lowest BCUT2D eigenvalue weighted by molar-refractivity contribution is -0.124. The van der Waals surface area contributed by atoms with E-state index in [1.54, 1.807) is 0 Å². The van der Waals surface area contributed by atoms with Crippen molar-refractivity contribution in [1.29, 1.82) is 0 Å². The Morgan fingerprint density at radius 2 is 2.05 bits per heavy atom. The summed E-state index contributed by atoms with van der Waals surface area (Å²) in [5.74, 6) is -1.34. The minimum absolute atomic E-state index is 0.0110. The summed E-state index contributed by atoms with van der Waals surface area (Å²) >= 11 is 5.67. The van der Waals surface area contributed by atoms with Crippen molar-refractivity contribution in [2.75, 3.05) is 6.61 Å². The number of aromatic hydroxyl groups is 1. The van der Waals surface area contributed by atoms with Gasteiger partial charge in [0.1, 0.15) is 11.3 Å². The first kappa shape index (κ1) is 14.7. The van der Waals surface area contributed by atoms with Crippen molar-refractivity contribution in [3.8, 4) is 5.75 Å². The zero-order valence-electron chi connectivity index (χ0n) is 10.9. The molecule has 0 heterocycles. The number of amides is 1. The number of phenols is 1. The van der Waals surface area contributed by atoms with Gasteiger partial charge in [-0.05, 0) is 31.0 Å². The van der Waals surface area contributed by atoms with E-state index in [-0.39, 0.29) is 29.9 Å². The van der Waals surface area contributed by atoms with Crippen LogP contribution in [0.15, 0.2) is 18.2 Å². The lowest BCUT2D eigenvalue weighted by Crippen LogP contribution is -2.35. The van der Waals surface area contributed by atoms with Gasteiger partial charge in [-0.2, -0.15) is 0 Å². The monoisotopic (exact) mass is 297 g/mol. The SMILES string of the molecule is O=C(COC(=O)c1ccc(Cl)cc1O)NC1CCCC1. The number of hydrogen-bond acceptors (Lipinski definition) is 4. The molecule has 1 aromatic rings. The highest BCUT2D eigenvalue weighted by atomic mass is 35.5. The van der Waals surface area contributed by atoms with Crippen LogP contribution in [0.2, 0.25) is 5.02 Å². The molecule has 0 aromatic heterocycles. The molecule has 0 bridgehead atoms. The van der Waals surface area contributed by atoms with Crippen molar-refractivity contribution in [2.24, 2.45) is 0 Å². The highest BCUT2D eigenvalue weighted by molar-refractivity contribution is 6.30. The molecule has 6 heteroatoms. The maximum absolute atomic E-state index is 11.7. The summed E-state index contributed by atoms with van der Waals surface area (Å²) in [5, 5.41) is 12.7. The van der Waals surface area contributed by atoms with Crippen LogP contribution in [-0.4, -0.2) is 29.6 Å². The Labute approximate surface area is 121 Å². The summed E-state index contributed by atoms with van der Waals surface area (Å²) < 4.78 is 4.87. The van der Waals surface area contributed by atoms with Crippen molar-refractivity contribution in [3.63, 3.8) is 0 Å². The Hall–Kier alpha value is -1.75. The third kappa shape index (κ3) is 3.87. The molecule has 0 atom stereocenters. The number of ether oxygens (including phenoxy) is 1. The van der Waals surface area contributed by atoms with Gasteiger partial charge >= 0.3 is 5.97 Å². The fourth-order valence-corrected chi connectivity index (χ4v) is 2.39. The van der Waals surface area contributed by atoms with Gasteiger partial charge in [-0.1, -0.05) is 24.4 Å². The summed E-state index contributed by atoms with van der Waals surface area (Å²) in [6, 6.07) is 4.26. The van der Waals surface area contributed by atoms with Gasteiger partial charge in [0.05, 0.1) is 0 Å². The van der Waals surface area contributed by atoms with E-state index in [1.807, 2.05) is 0 Å². The maximum atomic E-state index is 11.7. The third-order valence-electron chi connectivity index (χ3n) is 3.23. The molecular weight excluding hydrogens is 282 g/mol. The molecule has 2 N–H and O–H groups in total. The zero-order chi connectivity index (χ0) is 14.5. The van der Waals surface area contributed by atoms with E-state index in [4.69, 9.17) is 16.3 Å². The first-order valence-electron chi connectivity index (χ1n) is 6.51. The summed E-state index contributed by atoms with van der Waals surface area (Å²) in [7, 11) is 0. The lowest BCUT2D eigenvalue weighted by atomic mass is 10.2. The van der Waals surface area contributed by atoms with Crippen LogP contribution in [0.1, 0.15) is 36.0 Å². The molecule has 108 valence electrons. The lowest BCUT2D eigenvalue weighted by Gasteiger charge is -2.12. The highest BCUT2D eigenvalue weighted by Crippen LogP contribution is 2.22. The molecule has 0 unspecified atom stereocenters. The van der Waals surface area contributed by atoms with Crippen molar-refractivity contribution in [2.45, 2.75) is 31.7 Å². The number of carbonyl (C=O) groups is 2. The van der Waals surface area contributed by atoms with E-state index in [9.17, 15) is 14.7 Å². The third-order valence-corrected chi connectivity index (χ3v) is 3.47. The molecule has 0 radical (unpaired) electrons. The Balaban J connectivity index is 1.83. The Morgan fingerprint density at radius 3 is 2.70 bits per heavy atom. The van der Waals surface area contributed by atoms with Gasteiger partial charge in [-0.25, -0.2) is 4.79 Å². The van der Waals surface area contributed by atoms with Crippen LogP contribution < -0.4 is 5.32 Å². The van der Waals surface area contributed by atoms with E-state index >= 15 is 0 Å². The van der Waals surface area contributed by atoms with Crippen LogP contribution >= 0.6 is 11.6 Å². The van der Waals surface area contributed by atoms with E-state index < -0.39 is 5.97 Å². The number of nitrogens with one attached hydrogen (secondary N) is 1.